The van der Waals surface area contributed by atoms with E-state index in [1.807, 2.05) is 72.9 Å². The summed E-state index contributed by atoms with van der Waals surface area (Å²) in [6, 6.07) is 57.4. The third-order valence-electron chi connectivity index (χ3n) is 10.9. The Labute approximate surface area is 320 Å². The van der Waals surface area contributed by atoms with E-state index in [2.05, 4.69) is 116 Å². The zero-order valence-corrected chi connectivity index (χ0v) is 30.5. The van der Waals surface area contributed by atoms with Crippen LogP contribution >= 0.6 is 0 Å². The molecule has 0 bridgehead atoms. The zero-order valence-electron chi connectivity index (χ0n) is 30.5. The second-order valence-electron chi connectivity index (χ2n) is 14.6. The van der Waals surface area contributed by atoms with Crippen LogP contribution in [0.1, 0.15) is 25.0 Å². The first-order valence-corrected chi connectivity index (χ1v) is 18.6. The minimum absolute atomic E-state index is 0.261. The van der Waals surface area contributed by atoms with Crippen LogP contribution in [0.25, 0.3) is 89.6 Å². The SMILES string of the molecule is CC1(C)c2cc(-c3nc(-c4ccccc4)nc(-c4ccccc4)n3)ccc2-c2c(-c3cc(-c4ccc(-c5ccccc5)cc4)c4cncnc4c3)cccc21. The highest BCUT2D eigenvalue weighted by molar-refractivity contribution is 6.01. The van der Waals surface area contributed by atoms with E-state index in [0.29, 0.717) is 17.5 Å². The fraction of sp³-hybridized carbons (Fsp3) is 0.0600. The molecule has 7 aromatic carbocycles. The molecule has 0 radical (unpaired) electrons. The Bertz CT molecular complexity index is 2810. The first kappa shape index (κ1) is 32.5. The highest BCUT2D eigenvalue weighted by Gasteiger charge is 2.37. The molecule has 2 heterocycles. The summed E-state index contributed by atoms with van der Waals surface area (Å²) in [7, 11) is 0. The lowest BCUT2D eigenvalue weighted by Gasteiger charge is -2.22. The van der Waals surface area contributed by atoms with Crippen LogP contribution in [-0.2, 0) is 5.41 Å². The molecule has 9 aromatic rings. The molecular formula is C50H35N5. The van der Waals surface area contributed by atoms with Crippen LogP contribution in [-0.4, -0.2) is 24.9 Å². The second-order valence-corrected chi connectivity index (χ2v) is 14.6. The number of aromatic nitrogens is 5. The summed E-state index contributed by atoms with van der Waals surface area (Å²) in [4.78, 5) is 24.2. The smallest absolute Gasteiger partial charge is 0.164 e. The summed E-state index contributed by atoms with van der Waals surface area (Å²) in [5, 5.41) is 1.03. The Hall–Kier alpha value is -7.11. The van der Waals surface area contributed by atoms with E-state index >= 15 is 0 Å². The summed E-state index contributed by atoms with van der Waals surface area (Å²) < 4.78 is 0. The Morgan fingerprint density at radius 2 is 0.964 bits per heavy atom. The summed E-state index contributed by atoms with van der Waals surface area (Å²) >= 11 is 0. The highest BCUT2D eigenvalue weighted by Crippen LogP contribution is 2.53. The number of nitrogens with zero attached hydrogens (tertiary/aromatic N) is 5. The summed E-state index contributed by atoms with van der Waals surface area (Å²) in [6.45, 7) is 4.63. The second kappa shape index (κ2) is 13.1. The molecule has 0 saturated heterocycles. The van der Waals surface area contributed by atoms with Crippen LogP contribution in [0.5, 0.6) is 0 Å². The molecule has 0 spiro atoms. The van der Waals surface area contributed by atoms with Crippen molar-refractivity contribution in [2.45, 2.75) is 19.3 Å². The van der Waals surface area contributed by atoms with Gasteiger partial charge < -0.3 is 0 Å². The summed E-state index contributed by atoms with van der Waals surface area (Å²) in [5.41, 5.74) is 15.4. The first-order chi connectivity index (χ1) is 27.0. The number of fused-ring (bicyclic) bond motifs is 4. The normalized spacial score (nSPS) is 12.7. The Morgan fingerprint density at radius 1 is 0.400 bits per heavy atom. The van der Waals surface area contributed by atoms with Gasteiger partial charge in [0, 0.05) is 33.7 Å². The van der Waals surface area contributed by atoms with Gasteiger partial charge in [-0.2, -0.15) is 0 Å². The number of benzene rings is 7. The first-order valence-electron chi connectivity index (χ1n) is 18.6. The lowest BCUT2D eigenvalue weighted by atomic mass is 9.81. The van der Waals surface area contributed by atoms with E-state index in [4.69, 9.17) is 19.9 Å². The molecule has 55 heavy (non-hydrogen) atoms. The van der Waals surface area contributed by atoms with Gasteiger partial charge in [0.2, 0.25) is 0 Å². The van der Waals surface area contributed by atoms with Gasteiger partial charge in [-0.1, -0.05) is 159 Å². The number of hydrogen-bond donors (Lipinski definition) is 0. The van der Waals surface area contributed by atoms with E-state index in [0.717, 1.165) is 44.3 Å². The molecule has 5 heteroatoms. The molecule has 0 fully saturated rings. The molecular weight excluding hydrogens is 671 g/mol. The minimum atomic E-state index is -0.261. The number of hydrogen-bond acceptors (Lipinski definition) is 5. The van der Waals surface area contributed by atoms with Crippen molar-refractivity contribution in [3.8, 4) is 78.7 Å². The molecule has 0 N–H and O–H groups in total. The van der Waals surface area contributed by atoms with Crippen LogP contribution in [0, 0.1) is 0 Å². The fourth-order valence-corrected chi connectivity index (χ4v) is 8.06. The monoisotopic (exact) mass is 705 g/mol. The van der Waals surface area contributed by atoms with Crippen LogP contribution < -0.4 is 0 Å². The van der Waals surface area contributed by atoms with Crippen molar-refractivity contribution in [2.24, 2.45) is 0 Å². The zero-order chi connectivity index (χ0) is 36.9. The number of rotatable bonds is 6. The van der Waals surface area contributed by atoms with E-state index in [9.17, 15) is 0 Å². The average Bonchev–Trinajstić information content (AvgIpc) is 3.49. The quantitative estimate of drug-likeness (QED) is 0.172. The van der Waals surface area contributed by atoms with E-state index in [1.54, 1.807) is 6.33 Å². The van der Waals surface area contributed by atoms with Gasteiger partial charge in [-0.15, -0.1) is 0 Å². The molecule has 0 aliphatic heterocycles. The van der Waals surface area contributed by atoms with Crippen LogP contribution in [0.4, 0.5) is 0 Å². The Kier molecular flexibility index (Phi) is 7.74. The molecule has 0 saturated carbocycles. The third kappa shape index (κ3) is 5.69. The molecule has 1 aliphatic rings. The highest BCUT2D eigenvalue weighted by atomic mass is 15.0. The molecule has 0 atom stereocenters. The van der Waals surface area contributed by atoms with E-state index in [-0.39, 0.29) is 5.41 Å². The van der Waals surface area contributed by atoms with E-state index < -0.39 is 0 Å². The van der Waals surface area contributed by atoms with Gasteiger partial charge in [0.1, 0.15) is 6.33 Å². The maximum atomic E-state index is 5.04. The van der Waals surface area contributed by atoms with Gasteiger partial charge in [-0.25, -0.2) is 24.9 Å². The molecule has 10 rings (SSSR count). The summed E-state index contributed by atoms with van der Waals surface area (Å²) in [5.74, 6) is 1.96. The third-order valence-corrected chi connectivity index (χ3v) is 10.9. The topological polar surface area (TPSA) is 64.5 Å². The van der Waals surface area contributed by atoms with Crippen LogP contribution in [0.3, 0.4) is 0 Å². The Balaban J connectivity index is 1.10. The van der Waals surface area contributed by atoms with Crippen molar-refractivity contribution >= 4 is 10.9 Å². The van der Waals surface area contributed by atoms with Crippen molar-refractivity contribution < 1.29 is 0 Å². The van der Waals surface area contributed by atoms with Crippen LogP contribution in [0.2, 0.25) is 0 Å². The largest absolute Gasteiger partial charge is 0.244 e. The average molecular weight is 706 g/mol. The minimum Gasteiger partial charge on any atom is -0.244 e. The summed E-state index contributed by atoms with van der Waals surface area (Å²) in [6.07, 6.45) is 3.56. The predicted molar refractivity (Wildman–Crippen MR) is 223 cm³/mol. The lowest BCUT2D eigenvalue weighted by Crippen LogP contribution is -2.15. The molecule has 0 amide bonds. The van der Waals surface area contributed by atoms with Gasteiger partial charge in [0.25, 0.3) is 0 Å². The predicted octanol–water partition coefficient (Wildman–Crippen LogP) is 12.1. The van der Waals surface area contributed by atoms with Crippen molar-refractivity contribution in [3.05, 3.63) is 187 Å². The van der Waals surface area contributed by atoms with Gasteiger partial charge in [0.15, 0.2) is 17.5 Å². The van der Waals surface area contributed by atoms with Crippen LogP contribution in [0.15, 0.2) is 176 Å². The molecule has 260 valence electrons. The molecule has 2 aromatic heterocycles. The Morgan fingerprint density at radius 3 is 1.62 bits per heavy atom. The molecule has 5 nitrogen and oxygen atoms in total. The fourth-order valence-electron chi connectivity index (χ4n) is 8.06. The molecule has 1 aliphatic carbocycles. The van der Waals surface area contributed by atoms with Gasteiger partial charge in [0.05, 0.1) is 5.52 Å². The lowest BCUT2D eigenvalue weighted by molar-refractivity contribution is 0.660. The maximum absolute atomic E-state index is 5.04. The van der Waals surface area contributed by atoms with Gasteiger partial charge in [-0.05, 0) is 73.8 Å². The molecule has 0 unspecified atom stereocenters. The van der Waals surface area contributed by atoms with Crippen molar-refractivity contribution in [3.63, 3.8) is 0 Å². The van der Waals surface area contributed by atoms with Crippen molar-refractivity contribution in [1.29, 1.82) is 0 Å². The van der Waals surface area contributed by atoms with E-state index in [1.165, 1.54) is 38.9 Å². The van der Waals surface area contributed by atoms with Crippen molar-refractivity contribution in [2.75, 3.05) is 0 Å². The van der Waals surface area contributed by atoms with Gasteiger partial charge in [-0.3, -0.25) is 0 Å². The standard InChI is InChI=1S/C50H35N5/c1-50(2)43-20-12-19-39(38-27-41(42-30-51-31-52-45(42)29-38)34-23-21-33(22-24-34)32-13-6-3-7-14-32)46(43)40-26-25-37(28-44(40)50)49-54-47(35-15-8-4-9-16-35)53-48(55-49)36-17-10-5-11-18-36/h3-31H,1-2H3. The maximum Gasteiger partial charge on any atom is 0.164 e. The van der Waals surface area contributed by atoms with Gasteiger partial charge >= 0.3 is 0 Å². The van der Waals surface area contributed by atoms with Crippen molar-refractivity contribution in [1.82, 2.24) is 24.9 Å².